The summed E-state index contributed by atoms with van der Waals surface area (Å²) in [4.78, 5) is 12.0. The molecule has 0 aromatic heterocycles. The van der Waals surface area contributed by atoms with E-state index in [2.05, 4.69) is 33.5 Å². The molecule has 1 fully saturated rings. The first-order chi connectivity index (χ1) is 9.56. The van der Waals surface area contributed by atoms with Gasteiger partial charge in [-0.1, -0.05) is 6.92 Å². The molecular weight excluding hydrogens is 359 g/mol. The minimum Gasteiger partial charge on any atom is -0.326 e. The summed E-state index contributed by atoms with van der Waals surface area (Å²) in [5.41, 5.74) is 0.622. The lowest BCUT2D eigenvalue weighted by atomic mass is 9.85. The molecule has 1 saturated heterocycles. The van der Waals surface area contributed by atoms with Crippen LogP contribution in [0, 0.1) is 17.7 Å². The third kappa shape index (κ3) is 5.57. The zero-order chi connectivity index (χ0) is 14.5. The van der Waals surface area contributed by atoms with Gasteiger partial charge in [0.2, 0.25) is 5.91 Å². The molecule has 118 valence electrons. The molecule has 21 heavy (non-hydrogen) atoms. The monoisotopic (exact) mass is 378 g/mol. The molecule has 0 radical (unpaired) electrons. The van der Waals surface area contributed by atoms with Crippen molar-refractivity contribution in [3.63, 3.8) is 0 Å². The molecule has 3 nitrogen and oxygen atoms in total. The number of nitrogens with one attached hydrogen (secondary N) is 2. The van der Waals surface area contributed by atoms with Crippen LogP contribution in [0.4, 0.5) is 10.1 Å². The van der Waals surface area contributed by atoms with E-state index in [1.807, 2.05) is 0 Å². The second-order valence-corrected chi connectivity index (χ2v) is 6.32. The second-order valence-electron chi connectivity index (χ2n) is 5.46. The molecule has 2 N–H and O–H groups in total. The van der Waals surface area contributed by atoms with E-state index in [0.29, 0.717) is 28.4 Å². The first-order valence-corrected chi connectivity index (χ1v) is 7.81. The topological polar surface area (TPSA) is 41.1 Å². The van der Waals surface area contributed by atoms with Gasteiger partial charge in [-0.2, -0.15) is 0 Å². The predicted molar refractivity (Wildman–Crippen MR) is 89.4 cm³/mol. The highest BCUT2D eigenvalue weighted by atomic mass is 79.9. The summed E-state index contributed by atoms with van der Waals surface area (Å²) in [5.74, 6) is 0.576. The Labute approximate surface area is 139 Å². The fourth-order valence-electron chi connectivity index (χ4n) is 2.61. The third-order valence-electron chi connectivity index (χ3n) is 3.85. The van der Waals surface area contributed by atoms with Gasteiger partial charge in [-0.25, -0.2) is 4.39 Å². The molecule has 1 aliphatic rings. The summed E-state index contributed by atoms with van der Waals surface area (Å²) in [7, 11) is 0. The maximum absolute atomic E-state index is 13.1. The lowest BCUT2D eigenvalue weighted by Gasteiger charge is -2.28. The van der Waals surface area contributed by atoms with Gasteiger partial charge in [-0.05, 0) is 71.9 Å². The molecule has 0 bridgehead atoms. The highest BCUT2D eigenvalue weighted by Gasteiger charge is 2.22. The molecular formula is C15H21BrClFN2O. The van der Waals surface area contributed by atoms with Gasteiger partial charge in [0, 0.05) is 12.1 Å². The smallest absolute Gasteiger partial charge is 0.224 e. The SMILES string of the molecule is CC(CC(=O)Nc1ccc(F)c(Br)c1)C1CCCNC1.Cl. The van der Waals surface area contributed by atoms with Crippen LogP contribution in [0.25, 0.3) is 0 Å². The van der Waals surface area contributed by atoms with Crippen molar-refractivity contribution in [1.82, 2.24) is 5.32 Å². The van der Waals surface area contributed by atoms with Crippen molar-refractivity contribution in [1.29, 1.82) is 0 Å². The van der Waals surface area contributed by atoms with Gasteiger partial charge in [-0.15, -0.1) is 12.4 Å². The van der Waals surface area contributed by atoms with Gasteiger partial charge in [0.1, 0.15) is 5.82 Å². The van der Waals surface area contributed by atoms with Crippen LogP contribution in [0.5, 0.6) is 0 Å². The van der Waals surface area contributed by atoms with Crippen molar-refractivity contribution in [2.75, 3.05) is 18.4 Å². The number of benzene rings is 1. The van der Waals surface area contributed by atoms with Crippen LogP contribution in [0.15, 0.2) is 22.7 Å². The standard InChI is InChI=1S/C15H20BrFN2O.ClH/c1-10(11-3-2-6-18-9-11)7-15(20)19-12-4-5-14(17)13(16)8-12;/h4-5,8,10-11,18H,2-3,6-7,9H2,1H3,(H,19,20);1H. The Bertz CT molecular complexity index is 481. The number of hydrogen-bond donors (Lipinski definition) is 2. The van der Waals surface area contributed by atoms with Gasteiger partial charge in [0.25, 0.3) is 0 Å². The van der Waals surface area contributed by atoms with Crippen LogP contribution in [-0.2, 0) is 4.79 Å². The van der Waals surface area contributed by atoms with Crippen molar-refractivity contribution < 1.29 is 9.18 Å². The largest absolute Gasteiger partial charge is 0.326 e. The lowest BCUT2D eigenvalue weighted by molar-refractivity contribution is -0.117. The molecule has 1 aromatic carbocycles. The highest BCUT2D eigenvalue weighted by molar-refractivity contribution is 9.10. The summed E-state index contributed by atoms with van der Waals surface area (Å²) >= 11 is 3.11. The first-order valence-electron chi connectivity index (χ1n) is 7.02. The Kier molecular flexibility index (Phi) is 7.63. The molecule has 1 aliphatic heterocycles. The molecule has 1 amide bonds. The van der Waals surface area contributed by atoms with Crippen LogP contribution in [0.1, 0.15) is 26.2 Å². The summed E-state index contributed by atoms with van der Waals surface area (Å²) in [6, 6.07) is 4.50. The van der Waals surface area contributed by atoms with Crippen molar-refractivity contribution in [2.45, 2.75) is 26.2 Å². The zero-order valence-electron chi connectivity index (χ0n) is 12.0. The van der Waals surface area contributed by atoms with E-state index >= 15 is 0 Å². The molecule has 0 saturated carbocycles. The molecule has 2 rings (SSSR count). The van der Waals surface area contributed by atoms with Gasteiger partial charge in [0.05, 0.1) is 4.47 Å². The van der Waals surface area contributed by atoms with E-state index in [0.717, 1.165) is 13.1 Å². The lowest BCUT2D eigenvalue weighted by Crippen LogP contribution is -2.34. The number of carbonyl (C=O) groups is 1. The molecule has 0 aliphatic carbocycles. The fraction of sp³-hybridized carbons (Fsp3) is 0.533. The van der Waals surface area contributed by atoms with E-state index in [-0.39, 0.29) is 24.1 Å². The van der Waals surface area contributed by atoms with E-state index in [4.69, 9.17) is 0 Å². The van der Waals surface area contributed by atoms with E-state index in [1.165, 1.54) is 18.9 Å². The predicted octanol–water partition coefficient (Wildman–Crippen LogP) is 3.97. The van der Waals surface area contributed by atoms with E-state index in [9.17, 15) is 9.18 Å². The van der Waals surface area contributed by atoms with Crippen molar-refractivity contribution in [3.8, 4) is 0 Å². The van der Waals surface area contributed by atoms with Gasteiger partial charge in [-0.3, -0.25) is 4.79 Å². The maximum atomic E-state index is 13.1. The van der Waals surface area contributed by atoms with E-state index < -0.39 is 0 Å². The molecule has 1 heterocycles. The van der Waals surface area contributed by atoms with Crippen molar-refractivity contribution in [2.24, 2.45) is 11.8 Å². The van der Waals surface area contributed by atoms with Crippen molar-refractivity contribution >= 4 is 39.9 Å². The van der Waals surface area contributed by atoms with Crippen molar-refractivity contribution in [3.05, 3.63) is 28.5 Å². The van der Waals surface area contributed by atoms with Gasteiger partial charge < -0.3 is 10.6 Å². The molecule has 2 atom stereocenters. The number of amides is 1. The van der Waals surface area contributed by atoms with Crippen LogP contribution in [-0.4, -0.2) is 19.0 Å². The highest BCUT2D eigenvalue weighted by Crippen LogP contribution is 2.24. The normalized spacial score (nSPS) is 19.5. The minimum absolute atomic E-state index is 0. The van der Waals surface area contributed by atoms with Gasteiger partial charge in [0.15, 0.2) is 0 Å². The fourth-order valence-corrected chi connectivity index (χ4v) is 2.99. The van der Waals surface area contributed by atoms with Crippen LogP contribution in [0.2, 0.25) is 0 Å². The quantitative estimate of drug-likeness (QED) is 0.831. The summed E-state index contributed by atoms with van der Waals surface area (Å²) < 4.78 is 13.5. The third-order valence-corrected chi connectivity index (χ3v) is 4.46. The minimum atomic E-state index is -0.329. The maximum Gasteiger partial charge on any atom is 0.224 e. The summed E-state index contributed by atoms with van der Waals surface area (Å²) in [6.07, 6.45) is 2.87. The molecule has 2 unspecified atom stereocenters. The van der Waals surface area contributed by atoms with Crippen LogP contribution < -0.4 is 10.6 Å². The Morgan fingerprint density at radius 3 is 2.95 bits per heavy atom. The van der Waals surface area contributed by atoms with E-state index in [1.54, 1.807) is 12.1 Å². The Morgan fingerprint density at radius 2 is 2.33 bits per heavy atom. The Morgan fingerprint density at radius 1 is 1.57 bits per heavy atom. The number of hydrogen-bond acceptors (Lipinski definition) is 2. The Hall–Kier alpha value is -0.650. The molecule has 6 heteroatoms. The van der Waals surface area contributed by atoms with Gasteiger partial charge >= 0.3 is 0 Å². The van der Waals surface area contributed by atoms with Crippen LogP contribution in [0.3, 0.4) is 0 Å². The molecule has 0 spiro atoms. The average molecular weight is 380 g/mol. The first kappa shape index (κ1) is 18.4. The summed E-state index contributed by atoms with van der Waals surface area (Å²) in [5, 5.41) is 6.20. The number of piperidine rings is 1. The molecule has 1 aromatic rings. The second kappa shape index (κ2) is 8.71. The van der Waals surface area contributed by atoms with Crippen LogP contribution >= 0.6 is 28.3 Å². The number of rotatable bonds is 4. The number of halogens is 3. The average Bonchev–Trinajstić information content (AvgIpc) is 2.44. The number of anilines is 1. The Balaban J connectivity index is 0.00000220. The zero-order valence-corrected chi connectivity index (χ0v) is 14.4. The summed E-state index contributed by atoms with van der Waals surface area (Å²) in [6.45, 7) is 4.20. The number of carbonyl (C=O) groups excluding carboxylic acids is 1.